The molecule has 2 heterocycles. The third-order valence-electron chi connectivity index (χ3n) is 4.30. The van der Waals surface area contributed by atoms with Crippen molar-refractivity contribution in [2.24, 2.45) is 0 Å². The number of fused-ring (bicyclic) bond motifs is 1. The Bertz CT molecular complexity index is 597. The standard InChI is InChI=1S/C17H25N3O/c1-3-11-20-16-9-8-13(21-2)12-15(16)19-17(20)14-7-5-4-6-10-18-14/h8-9,12,14,18H,3-7,10-11H2,1-2H3. The number of imidazole rings is 1. The lowest BCUT2D eigenvalue weighted by Gasteiger charge is -2.17. The Hall–Kier alpha value is -1.55. The van der Waals surface area contributed by atoms with E-state index in [4.69, 9.17) is 9.72 Å². The van der Waals surface area contributed by atoms with E-state index in [0.717, 1.165) is 30.8 Å². The van der Waals surface area contributed by atoms with Gasteiger partial charge in [-0.25, -0.2) is 4.98 Å². The highest BCUT2D eigenvalue weighted by Crippen LogP contribution is 2.28. The molecular formula is C17H25N3O. The molecule has 1 aromatic carbocycles. The molecule has 1 fully saturated rings. The van der Waals surface area contributed by atoms with Crippen LogP contribution in [0, 0.1) is 0 Å². The summed E-state index contributed by atoms with van der Waals surface area (Å²) in [5.41, 5.74) is 2.27. The second-order valence-corrected chi connectivity index (χ2v) is 5.83. The van der Waals surface area contributed by atoms with Crippen LogP contribution in [-0.4, -0.2) is 23.2 Å². The van der Waals surface area contributed by atoms with Crippen LogP contribution in [0.25, 0.3) is 11.0 Å². The number of hydrogen-bond acceptors (Lipinski definition) is 3. The van der Waals surface area contributed by atoms with Crippen LogP contribution in [0.1, 0.15) is 50.9 Å². The Morgan fingerprint density at radius 1 is 1.33 bits per heavy atom. The van der Waals surface area contributed by atoms with E-state index in [1.807, 2.05) is 12.1 Å². The number of rotatable bonds is 4. The highest BCUT2D eigenvalue weighted by Gasteiger charge is 2.21. The first-order valence-electron chi connectivity index (χ1n) is 8.11. The van der Waals surface area contributed by atoms with Crippen molar-refractivity contribution < 1.29 is 4.74 Å². The summed E-state index contributed by atoms with van der Waals surface area (Å²) < 4.78 is 7.72. The lowest BCUT2D eigenvalue weighted by Crippen LogP contribution is -2.23. The second kappa shape index (κ2) is 6.48. The largest absolute Gasteiger partial charge is 0.497 e. The van der Waals surface area contributed by atoms with Gasteiger partial charge in [0.25, 0.3) is 0 Å². The fourth-order valence-electron chi connectivity index (χ4n) is 3.23. The van der Waals surface area contributed by atoms with Crippen LogP contribution in [0.4, 0.5) is 0 Å². The Kier molecular flexibility index (Phi) is 4.44. The van der Waals surface area contributed by atoms with Crippen LogP contribution in [0.3, 0.4) is 0 Å². The van der Waals surface area contributed by atoms with Gasteiger partial charge in [0.2, 0.25) is 0 Å². The maximum Gasteiger partial charge on any atom is 0.127 e. The molecule has 0 aliphatic carbocycles. The smallest absolute Gasteiger partial charge is 0.127 e. The summed E-state index contributed by atoms with van der Waals surface area (Å²) in [6, 6.07) is 6.59. The molecular weight excluding hydrogens is 262 g/mol. The summed E-state index contributed by atoms with van der Waals surface area (Å²) in [5.74, 6) is 2.08. The topological polar surface area (TPSA) is 39.1 Å². The van der Waals surface area contributed by atoms with Crippen LogP contribution in [0.2, 0.25) is 0 Å². The van der Waals surface area contributed by atoms with E-state index in [1.165, 1.54) is 37.0 Å². The van der Waals surface area contributed by atoms with Crippen molar-refractivity contribution in [1.29, 1.82) is 0 Å². The first-order chi connectivity index (χ1) is 10.3. The minimum Gasteiger partial charge on any atom is -0.497 e. The van der Waals surface area contributed by atoms with Crippen molar-refractivity contribution in [3.05, 3.63) is 24.0 Å². The predicted molar refractivity (Wildman–Crippen MR) is 85.8 cm³/mol. The zero-order valence-electron chi connectivity index (χ0n) is 13.1. The van der Waals surface area contributed by atoms with Gasteiger partial charge in [0.1, 0.15) is 11.6 Å². The molecule has 3 rings (SSSR count). The number of nitrogens with zero attached hydrogens (tertiary/aromatic N) is 2. The van der Waals surface area contributed by atoms with Crippen molar-refractivity contribution >= 4 is 11.0 Å². The maximum absolute atomic E-state index is 5.33. The van der Waals surface area contributed by atoms with Gasteiger partial charge in [-0.1, -0.05) is 19.8 Å². The van der Waals surface area contributed by atoms with Crippen molar-refractivity contribution in [2.45, 2.75) is 51.6 Å². The van der Waals surface area contributed by atoms with Gasteiger partial charge in [0, 0.05) is 12.6 Å². The van der Waals surface area contributed by atoms with Gasteiger partial charge in [0.15, 0.2) is 0 Å². The van der Waals surface area contributed by atoms with Gasteiger partial charge in [-0.3, -0.25) is 0 Å². The summed E-state index contributed by atoms with van der Waals surface area (Å²) in [4.78, 5) is 4.93. The highest BCUT2D eigenvalue weighted by atomic mass is 16.5. The summed E-state index contributed by atoms with van der Waals surface area (Å²) in [6.07, 6.45) is 6.20. The maximum atomic E-state index is 5.33. The molecule has 1 unspecified atom stereocenters. The number of hydrogen-bond donors (Lipinski definition) is 1. The fourth-order valence-corrected chi connectivity index (χ4v) is 3.23. The molecule has 4 heteroatoms. The van der Waals surface area contributed by atoms with E-state index in [1.54, 1.807) is 7.11 Å². The molecule has 1 atom stereocenters. The molecule has 114 valence electrons. The van der Waals surface area contributed by atoms with Gasteiger partial charge < -0.3 is 14.6 Å². The van der Waals surface area contributed by atoms with E-state index in [2.05, 4.69) is 22.9 Å². The van der Waals surface area contributed by atoms with Crippen LogP contribution < -0.4 is 10.1 Å². The molecule has 2 aromatic rings. The third kappa shape index (κ3) is 2.91. The first kappa shape index (κ1) is 14.4. The molecule has 0 saturated carbocycles. The number of benzene rings is 1. The number of nitrogens with one attached hydrogen (secondary N) is 1. The summed E-state index contributed by atoms with van der Waals surface area (Å²) in [7, 11) is 1.71. The molecule has 0 amide bonds. The van der Waals surface area contributed by atoms with E-state index >= 15 is 0 Å². The van der Waals surface area contributed by atoms with Crippen LogP contribution in [-0.2, 0) is 6.54 Å². The van der Waals surface area contributed by atoms with Crippen molar-refractivity contribution in [1.82, 2.24) is 14.9 Å². The zero-order valence-corrected chi connectivity index (χ0v) is 13.1. The quantitative estimate of drug-likeness (QED) is 0.932. The average molecular weight is 287 g/mol. The lowest BCUT2D eigenvalue weighted by molar-refractivity contribution is 0.415. The number of aromatic nitrogens is 2. The van der Waals surface area contributed by atoms with E-state index in [0.29, 0.717) is 6.04 Å². The van der Waals surface area contributed by atoms with E-state index < -0.39 is 0 Å². The summed E-state index contributed by atoms with van der Waals surface area (Å²) >= 11 is 0. The van der Waals surface area contributed by atoms with Crippen LogP contribution in [0.5, 0.6) is 5.75 Å². The summed E-state index contributed by atoms with van der Waals surface area (Å²) in [6.45, 7) is 4.35. The molecule has 1 aromatic heterocycles. The average Bonchev–Trinajstić information content (AvgIpc) is 2.69. The molecule has 1 saturated heterocycles. The van der Waals surface area contributed by atoms with Crippen LogP contribution >= 0.6 is 0 Å². The van der Waals surface area contributed by atoms with Gasteiger partial charge in [-0.2, -0.15) is 0 Å². The van der Waals surface area contributed by atoms with E-state index in [9.17, 15) is 0 Å². The Morgan fingerprint density at radius 3 is 3.05 bits per heavy atom. The molecule has 1 aliphatic rings. The number of aryl methyl sites for hydroxylation is 1. The molecule has 21 heavy (non-hydrogen) atoms. The molecule has 0 spiro atoms. The molecule has 1 aliphatic heterocycles. The summed E-state index contributed by atoms with van der Waals surface area (Å²) in [5, 5.41) is 3.67. The van der Waals surface area contributed by atoms with Crippen LogP contribution in [0.15, 0.2) is 18.2 Å². The number of ether oxygens (including phenoxy) is 1. The highest BCUT2D eigenvalue weighted by molar-refractivity contribution is 5.78. The molecule has 1 N–H and O–H groups in total. The predicted octanol–water partition coefficient (Wildman–Crippen LogP) is 3.66. The monoisotopic (exact) mass is 287 g/mol. The van der Waals surface area contributed by atoms with Gasteiger partial charge in [-0.05, 0) is 37.9 Å². The van der Waals surface area contributed by atoms with Gasteiger partial charge in [0.05, 0.1) is 24.2 Å². The Labute approximate surface area is 126 Å². The van der Waals surface area contributed by atoms with Gasteiger partial charge >= 0.3 is 0 Å². The Morgan fingerprint density at radius 2 is 2.24 bits per heavy atom. The fraction of sp³-hybridized carbons (Fsp3) is 0.588. The SMILES string of the molecule is CCCn1c(C2CCCCCN2)nc2cc(OC)ccc21. The van der Waals surface area contributed by atoms with Crippen molar-refractivity contribution in [2.75, 3.05) is 13.7 Å². The zero-order chi connectivity index (χ0) is 14.7. The number of methoxy groups -OCH3 is 1. The minimum absolute atomic E-state index is 0.387. The van der Waals surface area contributed by atoms with E-state index in [-0.39, 0.29) is 0 Å². The normalized spacial score (nSPS) is 19.6. The second-order valence-electron chi connectivity index (χ2n) is 5.83. The molecule has 4 nitrogen and oxygen atoms in total. The molecule has 0 bridgehead atoms. The third-order valence-corrected chi connectivity index (χ3v) is 4.30. The first-order valence-corrected chi connectivity index (χ1v) is 8.11. The lowest BCUT2D eigenvalue weighted by atomic mass is 10.1. The Balaban J connectivity index is 2.04. The van der Waals surface area contributed by atoms with Crippen molar-refractivity contribution in [3.63, 3.8) is 0 Å². The van der Waals surface area contributed by atoms with Gasteiger partial charge in [-0.15, -0.1) is 0 Å². The van der Waals surface area contributed by atoms with Crippen molar-refractivity contribution in [3.8, 4) is 5.75 Å². The minimum atomic E-state index is 0.387. The molecule has 0 radical (unpaired) electrons.